The molecule has 25 heavy (non-hydrogen) atoms. The average molecular weight is 340 g/mol. The Labute approximate surface area is 148 Å². The van der Waals surface area contributed by atoms with Crippen LogP contribution in [0.15, 0.2) is 36.7 Å². The van der Waals surface area contributed by atoms with Crippen LogP contribution in [0.2, 0.25) is 0 Å². The van der Waals surface area contributed by atoms with Crippen LogP contribution in [0, 0.1) is 0 Å². The molecule has 6 nitrogen and oxygen atoms in total. The molecule has 0 unspecified atom stereocenters. The molecule has 0 spiro atoms. The molecule has 1 fully saturated rings. The van der Waals surface area contributed by atoms with E-state index in [1.54, 1.807) is 31.6 Å². The summed E-state index contributed by atoms with van der Waals surface area (Å²) in [5.41, 5.74) is 8.61. The molecule has 0 aliphatic carbocycles. The van der Waals surface area contributed by atoms with Gasteiger partial charge in [0.15, 0.2) is 0 Å². The number of likely N-dealkylation sites (tertiary alicyclic amines) is 1. The summed E-state index contributed by atoms with van der Waals surface area (Å²) in [4.78, 5) is 23.1. The van der Waals surface area contributed by atoms with E-state index in [0.29, 0.717) is 11.5 Å². The van der Waals surface area contributed by atoms with Crippen molar-refractivity contribution in [2.75, 3.05) is 33.4 Å². The zero-order valence-electron chi connectivity index (χ0n) is 14.5. The normalized spacial score (nSPS) is 18.2. The lowest BCUT2D eigenvalue weighted by molar-refractivity contribution is 0.100. The monoisotopic (exact) mass is 340 g/mol. The number of hydrogen-bond donors (Lipinski definition) is 1. The van der Waals surface area contributed by atoms with E-state index in [1.807, 2.05) is 12.1 Å². The lowest BCUT2D eigenvalue weighted by Crippen LogP contribution is -2.37. The van der Waals surface area contributed by atoms with Gasteiger partial charge in [0.1, 0.15) is 0 Å². The van der Waals surface area contributed by atoms with E-state index < -0.39 is 5.91 Å². The van der Waals surface area contributed by atoms with Gasteiger partial charge in [-0.05, 0) is 31.5 Å². The Bertz CT molecular complexity index is 735. The highest BCUT2D eigenvalue weighted by molar-refractivity contribution is 5.94. The van der Waals surface area contributed by atoms with E-state index in [-0.39, 0.29) is 0 Å². The van der Waals surface area contributed by atoms with Crippen molar-refractivity contribution in [1.29, 1.82) is 0 Å². The Morgan fingerprint density at radius 1 is 1.36 bits per heavy atom. The van der Waals surface area contributed by atoms with Crippen LogP contribution in [0.25, 0.3) is 11.3 Å². The number of nitrogens with zero attached hydrogens (tertiary/aromatic N) is 3. The summed E-state index contributed by atoms with van der Waals surface area (Å²) in [5, 5.41) is 0. The maximum atomic E-state index is 11.5. The highest BCUT2D eigenvalue weighted by atomic mass is 16.5. The second kappa shape index (κ2) is 8.18. The van der Waals surface area contributed by atoms with E-state index in [2.05, 4.69) is 14.9 Å². The molecule has 2 aromatic rings. The number of primary amides is 1. The molecule has 132 valence electrons. The molecule has 1 atom stereocenters. The molecule has 0 bridgehead atoms. The van der Waals surface area contributed by atoms with Gasteiger partial charge in [-0.1, -0.05) is 12.1 Å². The Kier molecular flexibility index (Phi) is 5.73. The van der Waals surface area contributed by atoms with Crippen molar-refractivity contribution in [3.05, 3.63) is 47.9 Å². The SMILES string of the molecule is COCCN1CCC[C@H](c2nccnc2-c2cccc(C(N)=O)c2)C1. The summed E-state index contributed by atoms with van der Waals surface area (Å²) in [6.07, 6.45) is 5.66. The Morgan fingerprint density at radius 2 is 2.20 bits per heavy atom. The fourth-order valence-corrected chi connectivity index (χ4v) is 3.39. The van der Waals surface area contributed by atoms with Crippen molar-refractivity contribution < 1.29 is 9.53 Å². The number of piperidine rings is 1. The predicted octanol–water partition coefficient (Wildman–Crippen LogP) is 2.07. The number of aromatic nitrogens is 2. The van der Waals surface area contributed by atoms with Crippen LogP contribution in [-0.2, 0) is 4.74 Å². The van der Waals surface area contributed by atoms with Crippen LogP contribution in [0.1, 0.15) is 34.8 Å². The standard InChI is InChI=1S/C19H24N4O2/c1-25-11-10-23-9-3-6-16(13-23)18-17(21-7-8-22-18)14-4-2-5-15(12-14)19(20)24/h2,4-5,7-8,12,16H,3,6,9-11,13H2,1H3,(H2,20,24)/t16-/m0/s1. The zero-order valence-corrected chi connectivity index (χ0v) is 14.5. The van der Waals surface area contributed by atoms with E-state index in [0.717, 1.165) is 56.0 Å². The Balaban J connectivity index is 1.88. The molecule has 2 N–H and O–H groups in total. The van der Waals surface area contributed by atoms with Crippen LogP contribution in [0.5, 0.6) is 0 Å². The van der Waals surface area contributed by atoms with Crippen molar-refractivity contribution >= 4 is 5.91 Å². The Hall–Kier alpha value is -2.31. The molecular formula is C19H24N4O2. The largest absolute Gasteiger partial charge is 0.383 e. The van der Waals surface area contributed by atoms with Crippen LogP contribution >= 0.6 is 0 Å². The van der Waals surface area contributed by atoms with Crippen LogP contribution < -0.4 is 5.73 Å². The van der Waals surface area contributed by atoms with Gasteiger partial charge in [0.25, 0.3) is 0 Å². The van der Waals surface area contributed by atoms with Gasteiger partial charge in [-0.3, -0.25) is 14.8 Å². The highest BCUT2D eigenvalue weighted by Crippen LogP contribution is 2.31. The van der Waals surface area contributed by atoms with Gasteiger partial charge in [-0.2, -0.15) is 0 Å². The van der Waals surface area contributed by atoms with Crippen molar-refractivity contribution in [2.45, 2.75) is 18.8 Å². The molecule has 6 heteroatoms. The third kappa shape index (κ3) is 4.21. The number of hydrogen-bond acceptors (Lipinski definition) is 5. The molecule has 1 amide bonds. The van der Waals surface area contributed by atoms with E-state index in [1.165, 1.54) is 0 Å². The number of benzene rings is 1. The number of ether oxygens (including phenoxy) is 1. The summed E-state index contributed by atoms with van der Waals surface area (Å²) in [7, 11) is 1.73. The topological polar surface area (TPSA) is 81.3 Å². The molecule has 1 aromatic heterocycles. The molecule has 0 radical (unpaired) electrons. The number of methoxy groups -OCH3 is 1. The number of rotatable bonds is 6. The molecule has 2 heterocycles. The van der Waals surface area contributed by atoms with Gasteiger partial charge < -0.3 is 15.4 Å². The van der Waals surface area contributed by atoms with E-state index in [9.17, 15) is 4.79 Å². The first-order valence-electron chi connectivity index (χ1n) is 8.61. The zero-order chi connectivity index (χ0) is 17.6. The first-order chi connectivity index (χ1) is 12.2. The smallest absolute Gasteiger partial charge is 0.248 e. The predicted molar refractivity (Wildman–Crippen MR) is 96.3 cm³/mol. The lowest BCUT2D eigenvalue weighted by atomic mass is 9.91. The van der Waals surface area contributed by atoms with Crippen molar-refractivity contribution in [1.82, 2.24) is 14.9 Å². The summed E-state index contributed by atoms with van der Waals surface area (Å²) in [6, 6.07) is 7.29. The third-order valence-electron chi connectivity index (χ3n) is 4.65. The van der Waals surface area contributed by atoms with Gasteiger partial charge in [-0.25, -0.2) is 0 Å². The van der Waals surface area contributed by atoms with Gasteiger partial charge >= 0.3 is 0 Å². The maximum Gasteiger partial charge on any atom is 0.248 e. The summed E-state index contributed by atoms with van der Waals surface area (Å²) >= 11 is 0. The molecule has 1 saturated heterocycles. The van der Waals surface area contributed by atoms with Crippen molar-refractivity contribution in [2.24, 2.45) is 5.73 Å². The van der Waals surface area contributed by atoms with Crippen LogP contribution in [0.3, 0.4) is 0 Å². The number of carbonyl (C=O) groups excluding carboxylic acids is 1. The average Bonchev–Trinajstić information content (AvgIpc) is 2.66. The van der Waals surface area contributed by atoms with Gasteiger partial charge in [0, 0.05) is 49.6 Å². The summed E-state index contributed by atoms with van der Waals surface area (Å²) in [6.45, 7) is 3.71. The van der Waals surface area contributed by atoms with Gasteiger partial charge in [-0.15, -0.1) is 0 Å². The second-order valence-electron chi connectivity index (χ2n) is 6.37. The number of carbonyl (C=O) groups is 1. The highest BCUT2D eigenvalue weighted by Gasteiger charge is 2.25. The molecule has 1 aliphatic rings. The molecule has 1 aromatic carbocycles. The molecule has 3 rings (SSSR count). The lowest BCUT2D eigenvalue weighted by Gasteiger charge is -2.32. The summed E-state index contributed by atoms with van der Waals surface area (Å²) in [5.74, 6) is -0.109. The number of amides is 1. The first kappa shape index (κ1) is 17.5. The van der Waals surface area contributed by atoms with Crippen molar-refractivity contribution in [3.8, 4) is 11.3 Å². The maximum absolute atomic E-state index is 11.5. The first-order valence-corrected chi connectivity index (χ1v) is 8.61. The number of nitrogens with two attached hydrogens (primary N) is 1. The minimum absolute atomic E-state index is 0.326. The molecule has 0 saturated carbocycles. The fourth-order valence-electron chi connectivity index (χ4n) is 3.39. The quantitative estimate of drug-likeness (QED) is 0.870. The third-order valence-corrected chi connectivity index (χ3v) is 4.65. The fraction of sp³-hybridized carbons (Fsp3) is 0.421. The van der Waals surface area contributed by atoms with Crippen LogP contribution in [-0.4, -0.2) is 54.1 Å². The molecular weight excluding hydrogens is 316 g/mol. The van der Waals surface area contributed by atoms with E-state index >= 15 is 0 Å². The van der Waals surface area contributed by atoms with Crippen molar-refractivity contribution in [3.63, 3.8) is 0 Å². The van der Waals surface area contributed by atoms with Crippen LogP contribution in [0.4, 0.5) is 0 Å². The second-order valence-corrected chi connectivity index (χ2v) is 6.37. The van der Waals surface area contributed by atoms with Gasteiger partial charge in [0.2, 0.25) is 5.91 Å². The minimum Gasteiger partial charge on any atom is -0.383 e. The molecule has 1 aliphatic heterocycles. The minimum atomic E-state index is -0.435. The van der Waals surface area contributed by atoms with E-state index in [4.69, 9.17) is 10.5 Å². The Morgan fingerprint density at radius 3 is 3.00 bits per heavy atom. The summed E-state index contributed by atoms with van der Waals surface area (Å²) < 4.78 is 5.20. The van der Waals surface area contributed by atoms with Gasteiger partial charge in [0.05, 0.1) is 18.0 Å².